The van der Waals surface area contributed by atoms with Gasteiger partial charge in [-0.15, -0.1) is 0 Å². The van der Waals surface area contributed by atoms with E-state index in [-0.39, 0.29) is 17.9 Å². The fraction of sp³-hybridized carbons (Fsp3) is 0.174. The van der Waals surface area contributed by atoms with Gasteiger partial charge in [-0.1, -0.05) is 74.0 Å². The summed E-state index contributed by atoms with van der Waals surface area (Å²) in [6.45, 7) is 2.17. The van der Waals surface area contributed by atoms with Gasteiger partial charge in [0.25, 0.3) is 5.69 Å². The van der Waals surface area contributed by atoms with Crippen LogP contribution >= 0.6 is 0 Å². The maximum atomic E-state index is 12.5. The van der Waals surface area contributed by atoms with Crippen molar-refractivity contribution in [2.24, 2.45) is 0 Å². The standard InChI is InChI=1S/C23H21NO3/c1-2-3-17-4-8-19(9-5-17)20-10-12-21(13-11-20)23(25)16-18-6-14-22(15-7-18)24(26)27/h4-15H,2-3,16H2,1H3. The number of carbonyl (C=O) groups excluding carboxylic acids is 1. The van der Waals surface area contributed by atoms with Crippen LogP contribution in [0, 0.1) is 10.1 Å². The second-order valence-electron chi connectivity index (χ2n) is 6.55. The second-order valence-corrected chi connectivity index (χ2v) is 6.55. The fourth-order valence-corrected chi connectivity index (χ4v) is 3.02. The third-order valence-corrected chi connectivity index (χ3v) is 4.54. The third-order valence-electron chi connectivity index (χ3n) is 4.54. The number of nitro benzene ring substituents is 1. The van der Waals surface area contributed by atoms with Crippen LogP contribution in [0.2, 0.25) is 0 Å². The van der Waals surface area contributed by atoms with Gasteiger partial charge in [0.1, 0.15) is 0 Å². The van der Waals surface area contributed by atoms with Gasteiger partial charge in [0.15, 0.2) is 5.78 Å². The van der Waals surface area contributed by atoms with Crippen molar-refractivity contribution in [1.82, 2.24) is 0 Å². The molecule has 27 heavy (non-hydrogen) atoms. The van der Waals surface area contributed by atoms with Gasteiger partial charge >= 0.3 is 0 Å². The molecule has 0 fully saturated rings. The quantitative estimate of drug-likeness (QED) is 0.311. The summed E-state index contributed by atoms with van der Waals surface area (Å²) in [4.78, 5) is 22.7. The lowest BCUT2D eigenvalue weighted by Crippen LogP contribution is -2.03. The summed E-state index contributed by atoms with van der Waals surface area (Å²) in [7, 11) is 0. The van der Waals surface area contributed by atoms with Gasteiger partial charge in [-0.2, -0.15) is 0 Å². The lowest BCUT2D eigenvalue weighted by atomic mass is 9.98. The molecule has 0 atom stereocenters. The van der Waals surface area contributed by atoms with Crippen LogP contribution in [-0.2, 0) is 12.8 Å². The van der Waals surface area contributed by atoms with E-state index < -0.39 is 4.92 Å². The first kappa shape index (κ1) is 18.5. The molecule has 0 aliphatic carbocycles. The van der Waals surface area contributed by atoms with Crippen molar-refractivity contribution >= 4 is 11.5 Å². The van der Waals surface area contributed by atoms with Crippen LogP contribution in [0.3, 0.4) is 0 Å². The zero-order valence-corrected chi connectivity index (χ0v) is 15.2. The number of hydrogen-bond donors (Lipinski definition) is 0. The molecule has 0 N–H and O–H groups in total. The number of non-ortho nitro benzene ring substituents is 1. The number of aryl methyl sites for hydroxylation is 1. The Morgan fingerprint density at radius 2 is 1.33 bits per heavy atom. The van der Waals surface area contributed by atoms with Crippen LogP contribution in [0.5, 0.6) is 0 Å². The Kier molecular flexibility index (Phi) is 5.77. The van der Waals surface area contributed by atoms with Crippen LogP contribution < -0.4 is 0 Å². The summed E-state index contributed by atoms with van der Waals surface area (Å²) in [5.74, 6) is -0.00584. The zero-order chi connectivity index (χ0) is 19.2. The van der Waals surface area contributed by atoms with Gasteiger partial charge in [0.05, 0.1) is 4.92 Å². The number of hydrogen-bond acceptors (Lipinski definition) is 3. The summed E-state index contributed by atoms with van der Waals surface area (Å²) in [6, 6.07) is 22.2. The summed E-state index contributed by atoms with van der Waals surface area (Å²) in [5, 5.41) is 10.7. The van der Waals surface area contributed by atoms with Crippen LogP contribution in [0.1, 0.15) is 34.8 Å². The first-order chi connectivity index (χ1) is 13.1. The van der Waals surface area contributed by atoms with E-state index >= 15 is 0 Å². The molecular formula is C23H21NO3. The van der Waals surface area contributed by atoms with Gasteiger partial charge in [0, 0.05) is 24.1 Å². The second kappa shape index (κ2) is 8.41. The monoisotopic (exact) mass is 359 g/mol. The minimum Gasteiger partial charge on any atom is -0.294 e. The van der Waals surface area contributed by atoms with Crippen molar-refractivity contribution in [2.45, 2.75) is 26.2 Å². The van der Waals surface area contributed by atoms with Gasteiger partial charge in [-0.25, -0.2) is 0 Å². The largest absolute Gasteiger partial charge is 0.294 e. The molecule has 0 amide bonds. The summed E-state index contributed by atoms with van der Waals surface area (Å²) in [6.07, 6.45) is 2.43. The molecule has 0 aliphatic rings. The van der Waals surface area contributed by atoms with E-state index in [1.807, 2.05) is 24.3 Å². The predicted octanol–water partition coefficient (Wildman–Crippen LogP) is 5.64. The van der Waals surface area contributed by atoms with E-state index in [9.17, 15) is 14.9 Å². The van der Waals surface area contributed by atoms with Crippen molar-refractivity contribution in [3.05, 3.63) is 99.6 Å². The van der Waals surface area contributed by atoms with Crippen molar-refractivity contribution in [1.29, 1.82) is 0 Å². The van der Waals surface area contributed by atoms with Crippen LogP contribution in [0.4, 0.5) is 5.69 Å². The Morgan fingerprint density at radius 1 is 0.815 bits per heavy atom. The maximum absolute atomic E-state index is 12.5. The fourth-order valence-electron chi connectivity index (χ4n) is 3.02. The van der Waals surface area contributed by atoms with Gasteiger partial charge < -0.3 is 0 Å². The Labute approximate surface area is 158 Å². The van der Waals surface area contributed by atoms with Crippen LogP contribution in [0.25, 0.3) is 11.1 Å². The third kappa shape index (κ3) is 4.67. The minimum absolute atomic E-state index is 0.00584. The first-order valence-electron chi connectivity index (χ1n) is 9.02. The molecule has 0 aliphatic heterocycles. The van der Waals surface area contributed by atoms with Gasteiger partial charge in [0.2, 0.25) is 0 Å². The highest BCUT2D eigenvalue weighted by Crippen LogP contribution is 2.22. The molecule has 0 bridgehead atoms. The van der Waals surface area contributed by atoms with Crippen molar-refractivity contribution in [3.63, 3.8) is 0 Å². The summed E-state index contributed by atoms with van der Waals surface area (Å²) < 4.78 is 0. The number of benzene rings is 3. The predicted molar refractivity (Wildman–Crippen MR) is 107 cm³/mol. The Bertz CT molecular complexity index is 927. The SMILES string of the molecule is CCCc1ccc(-c2ccc(C(=O)Cc3ccc([N+](=O)[O-])cc3)cc2)cc1. The number of nitro groups is 1. The maximum Gasteiger partial charge on any atom is 0.269 e. The van der Waals surface area contributed by atoms with Crippen molar-refractivity contribution in [2.75, 3.05) is 0 Å². The van der Waals surface area contributed by atoms with Crippen molar-refractivity contribution in [3.8, 4) is 11.1 Å². The summed E-state index contributed by atoms with van der Waals surface area (Å²) in [5.41, 5.74) is 4.96. The average molecular weight is 359 g/mol. The molecule has 4 nitrogen and oxygen atoms in total. The van der Waals surface area contributed by atoms with E-state index in [0.29, 0.717) is 5.56 Å². The zero-order valence-electron chi connectivity index (χ0n) is 15.2. The molecule has 0 unspecified atom stereocenters. The number of carbonyl (C=O) groups is 1. The number of nitrogens with zero attached hydrogens (tertiary/aromatic N) is 1. The van der Waals surface area contributed by atoms with Gasteiger partial charge in [-0.3, -0.25) is 14.9 Å². The first-order valence-corrected chi connectivity index (χ1v) is 9.02. The highest BCUT2D eigenvalue weighted by Gasteiger charge is 2.10. The summed E-state index contributed by atoms with van der Waals surface area (Å²) >= 11 is 0. The minimum atomic E-state index is -0.445. The molecule has 0 radical (unpaired) electrons. The molecule has 0 saturated heterocycles. The van der Waals surface area contributed by atoms with E-state index in [4.69, 9.17) is 0 Å². The van der Waals surface area contributed by atoms with E-state index in [2.05, 4.69) is 31.2 Å². The highest BCUT2D eigenvalue weighted by atomic mass is 16.6. The Balaban J connectivity index is 1.68. The molecule has 3 aromatic rings. The molecule has 0 spiro atoms. The van der Waals surface area contributed by atoms with Crippen LogP contribution in [0.15, 0.2) is 72.8 Å². The lowest BCUT2D eigenvalue weighted by molar-refractivity contribution is -0.384. The van der Waals surface area contributed by atoms with E-state index in [1.165, 1.54) is 17.7 Å². The molecule has 136 valence electrons. The molecule has 3 aromatic carbocycles. The lowest BCUT2D eigenvalue weighted by Gasteiger charge is -2.06. The average Bonchev–Trinajstić information content (AvgIpc) is 2.69. The molecule has 3 rings (SSSR count). The molecule has 0 saturated carbocycles. The van der Waals surface area contributed by atoms with E-state index in [1.54, 1.807) is 12.1 Å². The number of ketones is 1. The van der Waals surface area contributed by atoms with Crippen LogP contribution in [-0.4, -0.2) is 10.7 Å². The molecular weight excluding hydrogens is 338 g/mol. The molecule has 4 heteroatoms. The Hall–Kier alpha value is -3.27. The van der Waals surface area contributed by atoms with Crippen molar-refractivity contribution < 1.29 is 9.72 Å². The molecule has 0 aromatic heterocycles. The Morgan fingerprint density at radius 3 is 1.85 bits per heavy atom. The van der Waals surface area contributed by atoms with Gasteiger partial charge in [-0.05, 0) is 28.7 Å². The van der Waals surface area contributed by atoms with E-state index in [0.717, 1.165) is 29.5 Å². The smallest absolute Gasteiger partial charge is 0.269 e. The normalized spacial score (nSPS) is 10.6. The number of Topliss-reactive ketones (excluding diaryl/α,β-unsaturated/α-hetero) is 1. The molecule has 0 heterocycles. The topological polar surface area (TPSA) is 60.2 Å². The highest BCUT2D eigenvalue weighted by molar-refractivity contribution is 5.97. The number of rotatable bonds is 7.